The van der Waals surface area contributed by atoms with Gasteiger partial charge in [-0.15, -0.1) is 0 Å². The SMILES string of the molecule is COc1ccc2cc(CNc3cccc4ncccc34)c(=O)[nH]c2c1. The number of benzene rings is 2. The molecule has 0 spiro atoms. The molecule has 0 fully saturated rings. The summed E-state index contributed by atoms with van der Waals surface area (Å²) in [5.41, 5.74) is 3.22. The van der Waals surface area contributed by atoms with Crippen molar-refractivity contribution in [3.05, 3.63) is 76.7 Å². The van der Waals surface area contributed by atoms with E-state index in [-0.39, 0.29) is 5.56 Å². The first-order valence-corrected chi connectivity index (χ1v) is 8.02. The maximum Gasteiger partial charge on any atom is 0.253 e. The molecule has 4 aromatic rings. The molecule has 0 unspecified atom stereocenters. The summed E-state index contributed by atoms with van der Waals surface area (Å²) < 4.78 is 5.20. The zero-order valence-corrected chi connectivity index (χ0v) is 13.7. The highest BCUT2D eigenvalue weighted by molar-refractivity contribution is 5.91. The zero-order valence-electron chi connectivity index (χ0n) is 13.7. The number of fused-ring (bicyclic) bond motifs is 2. The Balaban J connectivity index is 1.66. The maximum absolute atomic E-state index is 12.4. The number of rotatable bonds is 4. The summed E-state index contributed by atoms with van der Waals surface area (Å²) in [7, 11) is 1.61. The van der Waals surface area contributed by atoms with E-state index in [1.807, 2.05) is 54.6 Å². The summed E-state index contributed by atoms with van der Waals surface area (Å²) in [6.45, 7) is 0.436. The van der Waals surface area contributed by atoms with Gasteiger partial charge < -0.3 is 15.0 Å². The molecule has 0 amide bonds. The lowest BCUT2D eigenvalue weighted by Crippen LogP contribution is -2.15. The van der Waals surface area contributed by atoms with Gasteiger partial charge in [0.1, 0.15) is 5.75 Å². The molecule has 0 aliphatic rings. The second-order valence-corrected chi connectivity index (χ2v) is 5.81. The predicted octanol–water partition coefficient (Wildman–Crippen LogP) is 3.70. The molecule has 2 aromatic heterocycles. The molecule has 0 saturated carbocycles. The van der Waals surface area contributed by atoms with Crippen molar-refractivity contribution in [3.63, 3.8) is 0 Å². The number of H-pyrrole nitrogens is 1. The van der Waals surface area contributed by atoms with E-state index >= 15 is 0 Å². The van der Waals surface area contributed by atoms with Gasteiger partial charge in [0.2, 0.25) is 0 Å². The Morgan fingerprint density at radius 3 is 2.92 bits per heavy atom. The fourth-order valence-electron chi connectivity index (χ4n) is 2.93. The second kappa shape index (κ2) is 6.28. The fraction of sp³-hybridized carbons (Fsp3) is 0.100. The Morgan fingerprint density at radius 1 is 1.12 bits per heavy atom. The van der Waals surface area contributed by atoms with Gasteiger partial charge in [0, 0.05) is 35.4 Å². The summed E-state index contributed by atoms with van der Waals surface area (Å²) in [5, 5.41) is 5.35. The molecular formula is C20H17N3O2. The van der Waals surface area contributed by atoms with Crippen LogP contribution >= 0.6 is 0 Å². The Kier molecular flexibility index (Phi) is 3.82. The number of aromatic nitrogens is 2. The highest BCUT2D eigenvalue weighted by Gasteiger charge is 2.06. The highest BCUT2D eigenvalue weighted by atomic mass is 16.5. The molecule has 5 heteroatoms. The van der Waals surface area contributed by atoms with Crippen LogP contribution in [0.15, 0.2) is 65.6 Å². The van der Waals surface area contributed by atoms with Gasteiger partial charge in [0.25, 0.3) is 5.56 Å². The first-order valence-electron chi connectivity index (χ1n) is 8.02. The third kappa shape index (κ3) is 2.92. The number of nitrogens with zero attached hydrogens (tertiary/aromatic N) is 1. The Labute approximate surface area is 144 Å². The van der Waals surface area contributed by atoms with Gasteiger partial charge in [-0.05, 0) is 47.9 Å². The molecule has 2 N–H and O–H groups in total. The molecule has 0 bridgehead atoms. The van der Waals surface area contributed by atoms with E-state index in [4.69, 9.17) is 4.74 Å². The van der Waals surface area contributed by atoms with Gasteiger partial charge in [-0.2, -0.15) is 0 Å². The number of hydrogen-bond donors (Lipinski definition) is 2. The van der Waals surface area contributed by atoms with Crippen LogP contribution in [0.4, 0.5) is 5.69 Å². The van der Waals surface area contributed by atoms with Crippen molar-refractivity contribution in [2.45, 2.75) is 6.54 Å². The number of aromatic amines is 1. The van der Waals surface area contributed by atoms with Gasteiger partial charge >= 0.3 is 0 Å². The van der Waals surface area contributed by atoms with Crippen molar-refractivity contribution < 1.29 is 4.74 Å². The van der Waals surface area contributed by atoms with E-state index in [9.17, 15) is 4.79 Å². The van der Waals surface area contributed by atoms with Crippen molar-refractivity contribution in [2.75, 3.05) is 12.4 Å². The van der Waals surface area contributed by atoms with Crippen LogP contribution in [-0.4, -0.2) is 17.1 Å². The largest absolute Gasteiger partial charge is 0.497 e. The van der Waals surface area contributed by atoms with Crippen LogP contribution in [0.2, 0.25) is 0 Å². The normalized spacial score (nSPS) is 10.9. The summed E-state index contributed by atoms with van der Waals surface area (Å²) in [4.78, 5) is 19.6. The zero-order chi connectivity index (χ0) is 17.2. The molecule has 0 radical (unpaired) electrons. The average Bonchev–Trinajstić information content (AvgIpc) is 2.66. The molecule has 2 aromatic carbocycles. The van der Waals surface area contributed by atoms with Gasteiger partial charge in [0.15, 0.2) is 0 Å². The van der Waals surface area contributed by atoms with Crippen molar-refractivity contribution in [2.24, 2.45) is 0 Å². The van der Waals surface area contributed by atoms with Crippen LogP contribution in [0, 0.1) is 0 Å². The number of hydrogen-bond acceptors (Lipinski definition) is 4. The first kappa shape index (κ1) is 15.2. The van der Waals surface area contributed by atoms with Crippen LogP contribution in [-0.2, 0) is 6.54 Å². The third-order valence-corrected chi connectivity index (χ3v) is 4.25. The topological polar surface area (TPSA) is 67.0 Å². The summed E-state index contributed by atoms with van der Waals surface area (Å²) in [6.07, 6.45) is 1.77. The third-order valence-electron chi connectivity index (χ3n) is 4.25. The van der Waals surface area contributed by atoms with Gasteiger partial charge in [-0.3, -0.25) is 9.78 Å². The minimum atomic E-state index is -0.105. The Bertz CT molecular complexity index is 1110. The molecule has 5 nitrogen and oxygen atoms in total. The highest BCUT2D eigenvalue weighted by Crippen LogP contribution is 2.22. The number of nitrogens with one attached hydrogen (secondary N) is 2. The molecule has 4 rings (SSSR count). The van der Waals surface area contributed by atoms with Gasteiger partial charge in [0.05, 0.1) is 18.1 Å². The van der Waals surface area contributed by atoms with Crippen molar-refractivity contribution in [3.8, 4) is 5.75 Å². The molecule has 25 heavy (non-hydrogen) atoms. The van der Waals surface area contributed by atoms with Crippen LogP contribution in [0.25, 0.3) is 21.8 Å². The van der Waals surface area contributed by atoms with E-state index in [0.29, 0.717) is 12.1 Å². The molecule has 0 aliphatic heterocycles. The van der Waals surface area contributed by atoms with E-state index in [2.05, 4.69) is 15.3 Å². The maximum atomic E-state index is 12.4. The van der Waals surface area contributed by atoms with Gasteiger partial charge in [-0.1, -0.05) is 6.07 Å². The minimum absolute atomic E-state index is 0.105. The van der Waals surface area contributed by atoms with Crippen LogP contribution < -0.4 is 15.6 Å². The molecule has 0 aliphatic carbocycles. The summed E-state index contributed by atoms with van der Waals surface area (Å²) in [6, 6.07) is 17.4. The van der Waals surface area contributed by atoms with Crippen LogP contribution in [0.3, 0.4) is 0 Å². The number of pyridine rings is 2. The smallest absolute Gasteiger partial charge is 0.253 e. The van der Waals surface area contributed by atoms with Crippen molar-refractivity contribution in [1.82, 2.24) is 9.97 Å². The van der Waals surface area contributed by atoms with E-state index in [1.54, 1.807) is 13.3 Å². The number of anilines is 1. The Morgan fingerprint density at radius 2 is 2.04 bits per heavy atom. The Hall–Kier alpha value is -3.34. The summed E-state index contributed by atoms with van der Waals surface area (Å²) in [5.74, 6) is 0.720. The standard InChI is InChI=1S/C20H17N3O2/c1-25-15-8-7-13-10-14(20(24)23-19(13)11-15)12-22-18-6-2-5-17-16(18)4-3-9-21-17/h2-11,22H,12H2,1H3,(H,23,24). The average molecular weight is 331 g/mol. The molecule has 0 saturated heterocycles. The van der Waals surface area contributed by atoms with Crippen molar-refractivity contribution in [1.29, 1.82) is 0 Å². The van der Waals surface area contributed by atoms with Crippen LogP contribution in [0.5, 0.6) is 5.75 Å². The second-order valence-electron chi connectivity index (χ2n) is 5.81. The van der Waals surface area contributed by atoms with E-state index in [1.165, 1.54) is 0 Å². The minimum Gasteiger partial charge on any atom is -0.497 e. The monoisotopic (exact) mass is 331 g/mol. The molecular weight excluding hydrogens is 314 g/mol. The number of methoxy groups -OCH3 is 1. The van der Waals surface area contributed by atoms with Crippen LogP contribution in [0.1, 0.15) is 5.56 Å². The van der Waals surface area contributed by atoms with E-state index in [0.717, 1.165) is 33.2 Å². The molecule has 2 heterocycles. The molecule has 124 valence electrons. The van der Waals surface area contributed by atoms with Gasteiger partial charge in [-0.25, -0.2) is 0 Å². The summed E-state index contributed by atoms with van der Waals surface area (Å²) >= 11 is 0. The molecule has 0 atom stereocenters. The quantitative estimate of drug-likeness (QED) is 0.598. The van der Waals surface area contributed by atoms with E-state index < -0.39 is 0 Å². The fourth-order valence-corrected chi connectivity index (χ4v) is 2.93. The first-order chi connectivity index (χ1) is 12.2. The number of ether oxygens (including phenoxy) is 1. The lowest BCUT2D eigenvalue weighted by molar-refractivity contribution is 0.415. The van der Waals surface area contributed by atoms with Crippen molar-refractivity contribution >= 4 is 27.5 Å². The lowest BCUT2D eigenvalue weighted by atomic mass is 10.1. The lowest BCUT2D eigenvalue weighted by Gasteiger charge is -2.10. The predicted molar refractivity (Wildman–Crippen MR) is 100 cm³/mol.